The molecule has 40 heavy (non-hydrogen) atoms. The van der Waals surface area contributed by atoms with Crippen molar-refractivity contribution in [2.24, 2.45) is 0 Å². The number of unbranched alkanes of at least 4 members (excludes halogenated alkanes) is 15. The summed E-state index contributed by atoms with van der Waals surface area (Å²) in [5, 5.41) is 11.4. The molecule has 0 N–H and O–H groups in total. The number of carboxylic acid groups (broad SMARTS) is 1. The SMILES string of the molecule is CCCCCCCCCCCCCCCCCCC(=O)OC(COCCC(C(=O)[O-])[N+](C)(C)C)COC(=O)CC. The highest BCUT2D eigenvalue weighted by Gasteiger charge is 2.25. The van der Waals surface area contributed by atoms with Crippen LogP contribution in [0.1, 0.15) is 136 Å². The second-order valence-corrected chi connectivity index (χ2v) is 12.0. The van der Waals surface area contributed by atoms with Crippen LogP contribution < -0.4 is 5.11 Å². The molecule has 0 heterocycles. The molecule has 0 rings (SSSR count). The van der Waals surface area contributed by atoms with Gasteiger partial charge in [-0.1, -0.05) is 110 Å². The second kappa shape index (κ2) is 25.1. The summed E-state index contributed by atoms with van der Waals surface area (Å²) in [4.78, 5) is 35.3. The number of ether oxygens (including phenoxy) is 3. The average Bonchev–Trinajstić information content (AvgIpc) is 2.89. The van der Waals surface area contributed by atoms with Gasteiger partial charge in [-0.15, -0.1) is 0 Å². The molecule has 0 saturated carbocycles. The molecule has 0 bridgehead atoms. The molecule has 0 aliphatic carbocycles. The number of hydrogen-bond acceptors (Lipinski definition) is 7. The minimum absolute atomic E-state index is 0.0403. The summed E-state index contributed by atoms with van der Waals surface area (Å²) in [6.07, 6.45) is 20.5. The van der Waals surface area contributed by atoms with Crippen LogP contribution >= 0.6 is 0 Å². The fourth-order valence-corrected chi connectivity index (χ4v) is 4.70. The van der Waals surface area contributed by atoms with Gasteiger partial charge in [-0.05, 0) is 6.42 Å². The molecule has 0 fully saturated rings. The smallest absolute Gasteiger partial charge is 0.306 e. The highest BCUT2D eigenvalue weighted by Crippen LogP contribution is 2.14. The van der Waals surface area contributed by atoms with Gasteiger partial charge in [-0.2, -0.15) is 0 Å². The van der Waals surface area contributed by atoms with Gasteiger partial charge < -0.3 is 28.6 Å². The lowest BCUT2D eigenvalue weighted by Crippen LogP contribution is -2.55. The molecule has 8 nitrogen and oxygen atoms in total. The van der Waals surface area contributed by atoms with Crippen LogP contribution in [0.25, 0.3) is 0 Å². The zero-order chi connectivity index (χ0) is 30.1. The van der Waals surface area contributed by atoms with Gasteiger partial charge in [0.05, 0.1) is 40.3 Å². The molecule has 0 aliphatic heterocycles. The van der Waals surface area contributed by atoms with Crippen LogP contribution in [0, 0.1) is 0 Å². The minimum Gasteiger partial charge on any atom is -0.544 e. The Kier molecular flexibility index (Phi) is 24.0. The van der Waals surface area contributed by atoms with E-state index >= 15 is 0 Å². The third kappa shape index (κ3) is 23.1. The Bertz CT molecular complexity index is 648. The van der Waals surface area contributed by atoms with E-state index in [1.807, 2.05) is 0 Å². The first-order valence-electron chi connectivity index (χ1n) is 16.1. The summed E-state index contributed by atoms with van der Waals surface area (Å²) in [6.45, 7) is 4.10. The van der Waals surface area contributed by atoms with Crippen molar-refractivity contribution in [1.29, 1.82) is 0 Å². The van der Waals surface area contributed by atoms with Gasteiger partial charge in [0, 0.05) is 19.3 Å². The standard InChI is InChI=1S/C32H61NO7/c1-6-8-9-10-11-12-13-14-15-16-17-18-19-20-21-22-23-31(35)40-28(27-39-30(34)7-2)26-38-25-24-29(32(36)37)33(3,4)5/h28-29H,6-27H2,1-5H3. The number of carboxylic acids is 1. The molecule has 2 atom stereocenters. The number of rotatable bonds is 28. The van der Waals surface area contributed by atoms with Gasteiger partial charge in [0.2, 0.25) is 0 Å². The van der Waals surface area contributed by atoms with Gasteiger partial charge in [0.1, 0.15) is 12.6 Å². The van der Waals surface area contributed by atoms with Crippen molar-refractivity contribution in [3.8, 4) is 0 Å². The van der Waals surface area contributed by atoms with Gasteiger partial charge in [-0.3, -0.25) is 9.59 Å². The zero-order valence-corrected chi connectivity index (χ0v) is 26.5. The average molecular weight is 572 g/mol. The lowest BCUT2D eigenvalue weighted by atomic mass is 10.0. The lowest BCUT2D eigenvalue weighted by Gasteiger charge is -2.34. The van der Waals surface area contributed by atoms with Crippen LogP contribution in [-0.2, 0) is 28.6 Å². The monoisotopic (exact) mass is 571 g/mol. The van der Waals surface area contributed by atoms with Crippen LogP contribution in [-0.4, -0.2) is 75.5 Å². The first-order valence-corrected chi connectivity index (χ1v) is 16.1. The first kappa shape index (κ1) is 38.3. The molecule has 0 aromatic heterocycles. The molecular weight excluding hydrogens is 510 g/mol. The number of hydrogen-bond donors (Lipinski definition) is 0. The molecule has 0 aromatic rings. The van der Waals surface area contributed by atoms with E-state index in [0.717, 1.165) is 19.3 Å². The maximum Gasteiger partial charge on any atom is 0.306 e. The number of aliphatic carboxylic acids is 1. The molecular formula is C32H61NO7. The fraction of sp³-hybridized carbons (Fsp3) is 0.906. The highest BCUT2D eigenvalue weighted by atomic mass is 16.6. The van der Waals surface area contributed by atoms with E-state index in [-0.39, 0.29) is 49.1 Å². The Morgan fingerprint density at radius 1 is 0.675 bits per heavy atom. The summed E-state index contributed by atoms with van der Waals surface area (Å²) in [7, 11) is 5.36. The third-order valence-corrected chi connectivity index (χ3v) is 7.30. The summed E-state index contributed by atoms with van der Waals surface area (Å²) in [6, 6.07) is -0.714. The second-order valence-electron chi connectivity index (χ2n) is 12.0. The highest BCUT2D eigenvalue weighted by molar-refractivity contribution is 5.70. The molecule has 0 spiro atoms. The number of nitrogens with zero attached hydrogens (tertiary/aromatic N) is 1. The van der Waals surface area contributed by atoms with Crippen molar-refractivity contribution in [1.82, 2.24) is 0 Å². The Labute approximate surface area is 245 Å². The predicted molar refractivity (Wildman–Crippen MR) is 158 cm³/mol. The van der Waals surface area contributed by atoms with Crippen molar-refractivity contribution < 1.29 is 38.2 Å². The lowest BCUT2D eigenvalue weighted by molar-refractivity contribution is -0.889. The van der Waals surface area contributed by atoms with Crippen LogP contribution in [0.5, 0.6) is 0 Å². The summed E-state index contributed by atoms with van der Waals surface area (Å²) < 4.78 is 16.5. The summed E-state index contributed by atoms with van der Waals surface area (Å²) in [5.74, 6) is -1.83. The van der Waals surface area contributed by atoms with Gasteiger partial charge >= 0.3 is 11.9 Å². The Morgan fingerprint density at radius 2 is 1.15 bits per heavy atom. The molecule has 0 aromatic carbocycles. The minimum atomic E-state index is -1.13. The molecule has 0 amide bonds. The molecule has 0 radical (unpaired) electrons. The van der Waals surface area contributed by atoms with Crippen molar-refractivity contribution >= 4 is 17.9 Å². The van der Waals surface area contributed by atoms with Crippen LogP contribution in [0.15, 0.2) is 0 Å². The van der Waals surface area contributed by atoms with Crippen LogP contribution in [0.2, 0.25) is 0 Å². The molecule has 0 saturated heterocycles. The largest absolute Gasteiger partial charge is 0.544 e. The Hall–Kier alpha value is -1.67. The van der Waals surface area contributed by atoms with E-state index in [0.29, 0.717) is 6.42 Å². The topological polar surface area (TPSA) is 102 Å². The quantitative estimate of drug-likeness (QED) is 0.0671. The molecule has 8 heteroatoms. The number of carbonyl (C=O) groups excluding carboxylic acids is 3. The fourth-order valence-electron chi connectivity index (χ4n) is 4.70. The van der Waals surface area contributed by atoms with E-state index in [2.05, 4.69) is 6.92 Å². The Morgan fingerprint density at radius 3 is 1.57 bits per heavy atom. The van der Waals surface area contributed by atoms with Crippen LogP contribution in [0.3, 0.4) is 0 Å². The summed E-state index contributed by atoms with van der Waals surface area (Å²) >= 11 is 0. The number of likely N-dealkylation sites (N-methyl/N-ethyl adjacent to an activating group) is 1. The van der Waals surface area contributed by atoms with E-state index in [9.17, 15) is 19.5 Å². The maximum atomic E-state index is 12.4. The van der Waals surface area contributed by atoms with Crippen molar-refractivity contribution in [3.63, 3.8) is 0 Å². The van der Waals surface area contributed by atoms with Gasteiger partial charge in [0.25, 0.3) is 0 Å². The first-order chi connectivity index (χ1) is 19.1. The maximum absolute atomic E-state index is 12.4. The van der Waals surface area contributed by atoms with Gasteiger partial charge in [-0.25, -0.2) is 0 Å². The third-order valence-electron chi connectivity index (χ3n) is 7.30. The summed E-state index contributed by atoms with van der Waals surface area (Å²) in [5.41, 5.74) is 0. The van der Waals surface area contributed by atoms with Crippen molar-refractivity contribution in [2.75, 3.05) is 41.0 Å². The Balaban J connectivity index is 4.01. The van der Waals surface area contributed by atoms with Gasteiger partial charge in [0.15, 0.2) is 6.10 Å². The zero-order valence-electron chi connectivity index (χ0n) is 26.5. The van der Waals surface area contributed by atoms with E-state index in [1.54, 1.807) is 28.1 Å². The molecule has 0 aliphatic rings. The van der Waals surface area contributed by atoms with Crippen molar-refractivity contribution in [3.05, 3.63) is 0 Å². The number of esters is 2. The molecule has 236 valence electrons. The van der Waals surface area contributed by atoms with Crippen LogP contribution in [0.4, 0.5) is 0 Å². The van der Waals surface area contributed by atoms with Crippen molar-refractivity contribution in [2.45, 2.75) is 148 Å². The predicted octanol–water partition coefficient (Wildman–Crippen LogP) is 5.73. The normalized spacial score (nSPS) is 13.1. The molecule has 2 unspecified atom stereocenters. The van der Waals surface area contributed by atoms with E-state index in [1.165, 1.54) is 83.5 Å². The van der Waals surface area contributed by atoms with E-state index < -0.39 is 18.1 Å². The number of carbonyl (C=O) groups is 3. The number of quaternary nitrogens is 1. The van der Waals surface area contributed by atoms with E-state index in [4.69, 9.17) is 14.2 Å².